The van der Waals surface area contributed by atoms with Crippen molar-refractivity contribution in [3.8, 4) is 0 Å². The first-order chi connectivity index (χ1) is 10.6. The topological polar surface area (TPSA) is 103 Å². The van der Waals surface area contributed by atoms with E-state index in [0.717, 1.165) is 11.3 Å². The van der Waals surface area contributed by atoms with E-state index in [4.69, 9.17) is 0 Å². The number of nitrogens with one attached hydrogen (secondary N) is 4. The van der Waals surface area contributed by atoms with Crippen molar-refractivity contribution in [2.24, 2.45) is 0 Å². The predicted molar refractivity (Wildman–Crippen MR) is 84.8 cm³/mol. The molecular weight excluding hydrogens is 282 g/mol. The fourth-order valence-corrected chi connectivity index (χ4v) is 2.22. The maximum Gasteiger partial charge on any atom is 0.262 e. The first-order valence-electron chi connectivity index (χ1n) is 6.80. The van der Waals surface area contributed by atoms with Gasteiger partial charge in [-0.2, -0.15) is 4.98 Å². The highest BCUT2D eigenvalue weighted by molar-refractivity contribution is 5.88. The maximum atomic E-state index is 12.2. The van der Waals surface area contributed by atoms with E-state index in [0.29, 0.717) is 17.6 Å². The van der Waals surface area contributed by atoms with Crippen LogP contribution in [0.5, 0.6) is 0 Å². The van der Waals surface area contributed by atoms with Crippen LogP contribution in [0, 0.1) is 0 Å². The van der Waals surface area contributed by atoms with Crippen molar-refractivity contribution in [3.63, 3.8) is 0 Å². The number of carbonyl (C=O) groups is 1. The Morgan fingerprint density at radius 3 is 2.77 bits per heavy atom. The molecule has 2 aromatic heterocycles. The SMILES string of the molecule is CC(=O)Nc1nc2[nH]cc(CNc3ccccc3)c2c(=O)[nH]1. The zero-order chi connectivity index (χ0) is 15.5. The quantitative estimate of drug-likeness (QED) is 0.590. The lowest BCUT2D eigenvalue weighted by atomic mass is 10.2. The Labute approximate surface area is 125 Å². The summed E-state index contributed by atoms with van der Waals surface area (Å²) in [5.74, 6) is -0.158. The highest BCUT2D eigenvalue weighted by atomic mass is 16.1. The number of aromatic amines is 2. The molecule has 0 saturated heterocycles. The fourth-order valence-electron chi connectivity index (χ4n) is 2.22. The van der Waals surface area contributed by atoms with Crippen molar-refractivity contribution in [3.05, 3.63) is 52.4 Å². The van der Waals surface area contributed by atoms with Gasteiger partial charge in [0.05, 0.1) is 5.39 Å². The van der Waals surface area contributed by atoms with E-state index in [1.165, 1.54) is 6.92 Å². The van der Waals surface area contributed by atoms with Crippen LogP contribution in [0.4, 0.5) is 11.6 Å². The smallest absolute Gasteiger partial charge is 0.262 e. The number of fused-ring (bicyclic) bond motifs is 1. The molecule has 0 unspecified atom stereocenters. The summed E-state index contributed by atoms with van der Waals surface area (Å²) in [6.45, 7) is 1.85. The molecule has 7 nitrogen and oxygen atoms in total. The number of anilines is 2. The molecule has 0 fully saturated rings. The Kier molecular flexibility index (Phi) is 3.61. The molecule has 112 valence electrons. The van der Waals surface area contributed by atoms with Gasteiger partial charge in [0.15, 0.2) is 0 Å². The Morgan fingerprint density at radius 1 is 1.27 bits per heavy atom. The number of rotatable bonds is 4. The van der Waals surface area contributed by atoms with Gasteiger partial charge >= 0.3 is 0 Å². The normalized spacial score (nSPS) is 10.6. The van der Waals surface area contributed by atoms with Gasteiger partial charge in [-0.3, -0.25) is 19.9 Å². The van der Waals surface area contributed by atoms with Crippen molar-refractivity contribution in [1.82, 2.24) is 15.0 Å². The molecule has 0 saturated carbocycles. The lowest BCUT2D eigenvalue weighted by Gasteiger charge is -2.05. The lowest BCUT2D eigenvalue weighted by molar-refractivity contribution is -0.114. The Balaban J connectivity index is 1.88. The maximum absolute atomic E-state index is 12.2. The molecule has 0 aliphatic carbocycles. The number of carbonyl (C=O) groups excluding carboxylic acids is 1. The molecule has 22 heavy (non-hydrogen) atoms. The van der Waals surface area contributed by atoms with Crippen LogP contribution in [0.2, 0.25) is 0 Å². The van der Waals surface area contributed by atoms with E-state index in [1.807, 2.05) is 30.3 Å². The molecule has 2 heterocycles. The van der Waals surface area contributed by atoms with Gasteiger partial charge in [-0.05, 0) is 12.1 Å². The van der Waals surface area contributed by atoms with Crippen LogP contribution in [0.3, 0.4) is 0 Å². The molecular formula is C15H15N5O2. The third kappa shape index (κ3) is 2.83. The number of benzene rings is 1. The summed E-state index contributed by atoms with van der Waals surface area (Å²) >= 11 is 0. The molecule has 7 heteroatoms. The zero-order valence-corrected chi connectivity index (χ0v) is 11.9. The summed E-state index contributed by atoms with van der Waals surface area (Å²) < 4.78 is 0. The van der Waals surface area contributed by atoms with Crippen LogP contribution in [-0.2, 0) is 11.3 Å². The Morgan fingerprint density at radius 2 is 2.05 bits per heavy atom. The second-order valence-electron chi connectivity index (χ2n) is 4.85. The third-order valence-corrected chi connectivity index (χ3v) is 3.17. The van der Waals surface area contributed by atoms with Crippen LogP contribution in [0.25, 0.3) is 11.0 Å². The first-order valence-corrected chi connectivity index (χ1v) is 6.80. The van der Waals surface area contributed by atoms with E-state index in [-0.39, 0.29) is 17.4 Å². The number of amides is 1. The first kappa shape index (κ1) is 13.9. The highest BCUT2D eigenvalue weighted by Gasteiger charge is 2.11. The minimum absolute atomic E-state index is 0.134. The van der Waals surface area contributed by atoms with Gasteiger partial charge in [0.25, 0.3) is 5.56 Å². The minimum atomic E-state index is -0.292. The predicted octanol–water partition coefficient (Wildman–Crippen LogP) is 1.82. The van der Waals surface area contributed by atoms with E-state index in [9.17, 15) is 9.59 Å². The summed E-state index contributed by atoms with van der Waals surface area (Å²) in [6.07, 6.45) is 1.74. The summed E-state index contributed by atoms with van der Waals surface area (Å²) in [5.41, 5.74) is 1.93. The number of para-hydroxylation sites is 1. The fraction of sp³-hybridized carbons (Fsp3) is 0.133. The van der Waals surface area contributed by atoms with E-state index in [2.05, 4.69) is 25.6 Å². The summed E-state index contributed by atoms with van der Waals surface area (Å²) in [6, 6.07) is 9.71. The zero-order valence-electron chi connectivity index (χ0n) is 11.9. The molecule has 0 aliphatic heterocycles. The van der Waals surface area contributed by atoms with Gasteiger partial charge in [-0.15, -0.1) is 0 Å². The molecule has 1 aromatic carbocycles. The van der Waals surface area contributed by atoms with Gasteiger partial charge in [0, 0.05) is 30.9 Å². The number of hydrogen-bond acceptors (Lipinski definition) is 4. The van der Waals surface area contributed by atoms with Crippen LogP contribution >= 0.6 is 0 Å². The monoisotopic (exact) mass is 297 g/mol. The minimum Gasteiger partial charge on any atom is -0.381 e. The Bertz CT molecular complexity index is 867. The van der Waals surface area contributed by atoms with E-state index < -0.39 is 0 Å². The average molecular weight is 297 g/mol. The van der Waals surface area contributed by atoms with Gasteiger partial charge in [-0.25, -0.2) is 0 Å². The van der Waals surface area contributed by atoms with Crippen molar-refractivity contribution < 1.29 is 4.79 Å². The van der Waals surface area contributed by atoms with Gasteiger partial charge in [-0.1, -0.05) is 18.2 Å². The second-order valence-corrected chi connectivity index (χ2v) is 4.85. The van der Waals surface area contributed by atoms with E-state index in [1.54, 1.807) is 6.20 Å². The molecule has 1 amide bonds. The van der Waals surface area contributed by atoms with Crippen LogP contribution in [-0.4, -0.2) is 20.9 Å². The van der Waals surface area contributed by atoms with Crippen LogP contribution in [0.15, 0.2) is 41.3 Å². The van der Waals surface area contributed by atoms with Crippen molar-refractivity contribution in [1.29, 1.82) is 0 Å². The molecule has 0 radical (unpaired) electrons. The van der Waals surface area contributed by atoms with Gasteiger partial charge in [0.2, 0.25) is 11.9 Å². The van der Waals surface area contributed by atoms with Gasteiger partial charge < -0.3 is 10.3 Å². The molecule has 0 bridgehead atoms. The molecule has 3 aromatic rings. The largest absolute Gasteiger partial charge is 0.381 e. The summed E-state index contributed by atoms with van der Waals surface area (Å²) in [5, 5.41) is 6.19. The van der Waals surface area contributed by atoms with Crippen LogP contribution in [0.1, 0.15) is 12.5 Å². The number of hydrogen-bond donors (Lipinski definition) is 4. The number of nitrogens with zero attached hydrogens (tertiary/aromatic N) is 1. The molecule has 0 atom stereocenters. The molecule has 4 N–H and O–H groups in total. The Hall–Kier alpha value is -3.09. The van der Waals surface area contributed by atoms with Crippen LogP contribution < -0.4 is 16.2 Å². The van der Waals surface area contributed by atoms with Gasteiger partial charge in [0.1, 0.15) is 5.65 Å². The standard InChI is InChI=1S/C15H15N5O2/c1-9(21)18-15-19-13-12(14(22)20-15)10(8-17-13)7-16-11-5-3-2-4-6-11/h2-6,8,16H,7H2,1H3,(H3,17,18,19,20,21,22). The highest BCUT2D eigenvalue weighted by Crippen LogP contribution is 2.15. The second kappa shape index (κ2) is 5.72. The van der Waals surface area contributed by atoms with Crippen molar-refractivity contribution in [2.45, 2.75) is 13.5 Å². The molecule has 0 aliphatic rings. The lowest BCUT2D eigenvalue weighted by Crippen LogP contribution is -2.16. The molecule has 0 spiro atoms. The average Bonchev–Trinajstić information content (AvgIpc) is 2.89. The van der Waals surface area contributed by atoms with Crippen molar-refractivity contribution in [2.75, 3.05) is 10.6 Å². The molecule has 3 rings (SSSR count). The third-order valence-electron chi connectivity index (χ3n) is 3.17. The number of aromatic nitrogens is 3. The van der Waals surface area contributed by atoms with Crippen molar-refractivity contribution >= 4 is 28.6 Å². The summed E-state index contributed by atoms with van der Waals surface area (Å²) in [7, 11) is 0. The van der Waals surface area contributed by atoms with E-state index >= 15 is 0 Å². The summed E-state index contributed by atoms with van der Waals surface area (Å²) in [4.78, 5) is 32.9. The number of H-pyrrole nitrogens is 2.